The summed E-state index contributed by atoms with van der Waals surface area (Å²) in [4.78, 5) is 21.5. The van der Waals surface area contributed by atoms with Gasteiger partial charge in [0.25, 0.3) is 0 Å². The molecule has 1 atom stereocenters. The third-order valence-electron chi connectivity index (χ3n) is 5.40. The molecule has 0 aliphatic rings. The van der Waals surface area contributed by atoms with Crippen LogP contribution < -0.4 is 10.1 Å². The van der Waals surface area contributed by atoms with Crippen molar-refractivity contribution in [3.8, 4) is 5.75 Å². The number of halogens is 4. The van der Waals surface area contributed by atoms with Gasteiger partial charge < -0.3 is 14.6 Å². The first-order valence-corrected chi connectivity index (χ1v) is 10.9. The quantitative estimate of drug-likeness (QED) is 0.342. The van der Waals surface area contributed by atoms with Crippen LogP contribution in [0.1, 0.15) is 36.3 Å². The number of amides is 1. The smallest absolute Gasteiger partial charge is 0.406 e. The molecule has 0 saturated heterocycles. The summed E-state index contributed by atoms with van der Waals surface area (Å²) in [5.41, 5.74) is 2.77. The number of nitrogens with zero attached hydrogens (tertiary/aromatic N) is 3. The van der Waals surface area contributed by atoms with E-state index in [2.05, 4.69) is 20.0 Å². The molecule has 182 valence electrons. The molecule has 2 aromatic heterocycles. The van der Waals surface area contributed by atoms with Crippen LogP contribution >= 0.6 is 0 Å². The van der Waals surface area contributed by atoms with E-state index in [4.69, 9.17) is 0 Å². The molecule has 2 heterocycles. The van der Waals surface area contributed by atoms with Crippen LogP contribution in [0, 0.1) is 5.82 Å². The van der Waals surface area contributed by atoms with Gasteiger partial charge in [-0.05, 0) is 54.4 Å². The summed E-state index contributed by atoms with van der Waals surface area (Å²) in [7, 11) is 0. The Morgan fingerprint density at radius 3 is 2.49 bits per heavy atom. The van der Waals surface area contributed by atoms with Crippen LogP contribution in [-0.2, 0) is 17.8 Å². The molecule has 4 aromatic rings. The highest BCUT2D eigenvalue weighted by Gasteiger charge is 2.31. The summed E-state index contributed by atoms with van der Waals surface area (Å²) in [6.07, 6.45) is -2.64. The minimum atomic E-state index is -4.76. The summed E-state index contributed by atoms with van der Waals surface area (Å²) in [5.74, 6) is -0.217. The van der Waals surface area contributed by atoms with E-state index in [1.165, 1.54) is 36.4 Å². The highest BCUT2D eigenvalue weighted by Crippen LogP contribution is 2.24. The molecule has 1 N–H and O–H groups in total. The number of hydrogen-bond acceptors (Lipinski definition) is 4. The molecular formula is C25H22F4N4O2. The van der Waals surface area contributed by atoms with E-state index in [1.54, 1.807) is 30.5 Å². The zero-order valence-corrected chi connectivity index (χ0v) is 18.7. The highest BCUT2D eigenvalue weighted by atomic mass is 19.4. The fourth-order valence-corrected chi connectivity index (χ4v) is 3.72. The lowest BCUT2D eigenvalue weighted by atomic mass is 10.1. The SMILES string of the molecule is CC(NC(=O)CCc1nc2cccnc2n1Cc1ccc(OC(F)(F)F)cc1)c1ccc(F)cc1. The predicted octanol–water partition coefficient (Wildman–Crippen LogP) is 5.33. The lowest BCUT2D eigenvalue weighted by Gasteiger charge is -2.15. The summed E-state index contributed by atoms with van der Waals surface area (Å²) in [6.45, 7) is 2.12. The topological polar surface area (TPSA) is 69.0 Å². The third-order valence-corrected chi connectivity index (χ3v) is 5.40. The van der Waals surface area contributed by atoms with Crippen molar-refractivity contribution in [3.63, 3.8) is 0 Å². The Balaban J connectivity index is 1.46. The molecule has 2 aromatic carbocycles. The molecule has 0 saturated carbocycles. The molecular weight excluding hydrogens is 464 g/mol. The zero-order chi connectivity index (χ0) is 25.0. The van der Waals surface area contributed by atoms with Crippen molar-refractivity contribution < 1.29 is 27.1 Å². The summed E-state index contributed by atoms with van der Waals surface area (Å²) in [6, 6.07) is 14.8. The van der Waals surface area contributed by atoms with E-state index in [-0.39, 0.29) is 29.9 Å². The van der Waals surface area contributed by atoms with Gasteiger partial charge in [0.1, 0.15) is 22.9 Å². The van der Waals surface area contributed by atoms with E-state index in [9.17, 15) is 22.4 Å². The second-order valence-electron chi connectivity index (χ2n) is 7.99. The van der Waals surface area contributed by atoms with Crippen LogP contribution in [0.4, 0.5) is 17.6 Å². The normalized spacial score (nSPS) is 12.5. The largest absolute Gasteiger partial charge is 0.573 e. The van der Waals surface area contributed by atoms with Gasteiger partial charge in [-0.2, -0.15) is 0 Å². The Labute approximate surface area is 198 Å². The van der Waals surface area contributed by atoms with Gasteiger partial charge in [0, 0.05) is 19.0 Å². The third kappa shape index (κ3) is 6.34. The average molecular weight is 486 g/mol. The Bertz CT molecular complexity index is 1300. The molecule has 4 rings (SSSR count). The molecule has 0 radical (unpaired) electrons. The van der Waals surface area contributed by atoms with Crippen molar-refractivity contribution in [3.05, 3.63) is 89.6 Å². The fourth-order valence-electron chi connectivity index (χ4n) is 3.72. The first-order chi connectivity index (χ1) is 16.7. The molecule has 0 aliphatic carbocycles. The number of alkyl halides is 3. The number of aryl methyl sites for hydroxylation is 1. The van der Waals surface area contributed by atoms with Crippen molar-refractivity contribution in [2.45, 2.75) is 38.7 Å². The van der Waals surface area contributed by atoms with E-state index < -0.39 is 6.36 Å². The predicted molar refractivity (Wildman–Crippen MR) is 121 cm³/mol. The van der Waals surface area contributed by atoms with Gasteiger partial charge in [0.05, 0.1) is 12.6 Å². The number of imidazole rings is 1. The van der Waals surface area contributed by atoms with Crippen LogP contribution in [0.15, 0.2) is 66.9 Å². The lowest BCUT2D eigenvalue weighted by Crippen LogP contribution is -2.27. The minimum absolute atomic E-state index is 0.160. The number of fused-ring (bicyclic) bond motifs is 1. The van der Waals surface area contributed by atoms with Crippen molar-refractivity contribution in [1.29, 1.82) is 0 Å². The Morgan fingerprint density at radius 1 is 1.09 bits per heavy atom. The van der Waals surface area contributed by atoms with E-state index in [1.807, 2.05) is 11.5 Å². The first kappa shape index (κ1) is 24.2. The molecule has 6 nitrogen and oxygen atoms in total. The van der Waals surface area contributed by atoms with Gasteiger partial charge in [-0.15, -0.1) is 13.2 Å². The monoisotopic (exact) mass is 486 g/mol. The van der Waals surface area contributed by atoms with Crippen LogP contribution in [0.5, 0.6) is 5.75 Å². The van der Waals surface area contributed by atoms with E-state index >= 15 is 0 Å². The molecule has 1 unspecified atom stereocenters. The summed E-state index contributed by atoms with van der Waals surface area (Å²) < 4.78 is 56.2. The number of benzene rings is 2. The molecule has 0 bridgehead atoms. The van der Waals surface area contributed by atoms with Crippen molar-refractivity contribution >= 4 is 17.1 Å². The lowest BCUT2D eigenvalue weighted by molar-refractivity contribution is -0.274. The molecule has 0 aliphatic heterocycles. The van der Waals surface area contributed by atoms with Gasteiger partial charge in [-0.1, -0.05) is 24.3 Å². The Kier molecular flexibility index (Phi) is 6.99. The second-order valence-corrected chi connectivity index (χ2v) is 7.99. The van der Waals surface area contributed by atoms with Gasteiger partial charge in [0.15, 0.2) is 5.65 Å². The van der Waals surface area contributed by atoms with Crippen molar-refractivity contribution in [2.75, 3.05) is 0 Å². The maximum absolute atomic E-state index is 13.1. The Hall–Kier alpha value is -3.95. The second kappa shape index (κ2) is 10.1. The van der Waals surface area contributed by atoms with Crippen LogP contribution in [0.25, 0.3) is 11.2 Å². The summed E-state index contributed by atoms with van der Waals surface area (Å²) >= 11 is 0. The first-order valence-electron chi connectivity index (χ1n) is 10.9. The average Bonchev–Trinajstić information content (AvgIpc) is 3.16. The molecule has 10 heteroatoms. The van der Waals surface area contributed by atoms with Gasteiger partial charge in [-0.3, -0.25) is 4.79 Å². The Morgan fingerprint density at radius 2 is 1.80 bits per heavy atom. The number of ether oxygens (including phenoxy) is 1. The number of aromatic nitrogens is 3. The van der Waals surface area contributed by atoms with Gasteiger partial charge in [-0.25, -0.2) is 14.4 Å². The maximum atomic E-state index is 13.1. The molecule has 1 amide bonds. The number of hydrogen-bond donors (Lipinski definition) is 1. The fraction of sp³-hybridized carbons (Fsp3) is 0.240. The molecule has 0 spiro atoms. The summed E-state index contributed by atoms with van der Waals surface area (Å²) in [5, 5.41) is 2.89. The standard InChI is InChI=1S/C25H22F4N4O2/c1-16(18-6-8-19(26)9-7-18)31-23(34)13-12-22-32-21-3-2-14-30-24(21)33(22)15-17-4-10-20(11-5-17)35-25(27,28)29/h2-11,14,16H,12-13,15H2,1H3,(H,31,34). The number of rotatable bonds is 8. The van der Waals surface area contributed by atoms with E-state index in [0.29, 0.717) is 30.0 Å². The van der Waals surface area contributed by atoms with Crippen molar-refractivity contribution in [1.82, 2.24) is 19.9 Å². The number of carbonyl (C=O) groups excluding carboxylic acids is 1. The highest BCUT2D eigenvalue weighted by molar-refractivity contribution is 5.77. The van der Waals surface area contributed by atoms with Crippen molar-refractivity contribution in [2.24, 2.45) is 0 Å². The minimum Gasteiger partial charge on any atom is -0.406 e. The van der Waals surface area contributed by atoms with Gasteiger partial charge in [0.2, 0.25) is 5.91 Å². The van der Waals surface area contributed by atoms with E-state index in [0.717, 1.165) is 11.1 Å². The molecule has 0 fully saturated rings. The zero-order valence-electron chi connectivity index (χ0n) is 18.7. The number of nitrogens with one attached hydrogen (secondary N) is 1. The van der Waals surface area contributed by atoms with Crippen LogP contribution in [0.3, 0.4) is 0 Å². The van der Waals surface area contributed by atoms with Gasteiger partial charge >= 0.3 is 6.36 Å². The molecule has 35 heavy (non-hydrogen) atoms. The number of carbonyl (C=O) groups is 1. The van der Waals surface area contributed by atoms with Crippen LogP contribution in [-0.4, -0.2) is 26.8 Å². The number of pyridine rings is 1. The van der Waals surface area contributed by atoms with Crippen LogP contribution in [0.2, 0.25) is 0 Å². The maximum Gasteiger partial charge on any atom is 0.573 e.